The monoisotopic (exact) mass is 352 g/mol. The van der Waals surface area contributed by atoms with Gasteiger partial charge >= 0.3 is 6.03 Å². The molecule has 3 rings (SSSR count). The highest BCUT2D eigenvalue weighted by Gasteiger charge is 2.53. The summed E-state index contributed by atoms with van der Waals surface area (Å²) >= 11 is 0. The van der Waals surface area contributed by atoms with Crippen molar-refractivity contribution < 1.29 is 14.7 Å². The number of hydrogen-bond donors (Lipinski definition) is 2. The number of aliphatic hydroxyl groups excluding tert-OH is 1. The van der Waals surface area contributed by atoms with E-state index in [-0.39, 0.29) is 18.5 Å². The van der Waals surface area contributed by atoms with E-state index in [1.807, 2.05) is 60.7 Å². The highest BCUT2D eigenvalue weighted by molar-refractivity contribution is 6.09. The minimum absolute atomic E-state index is 0.175. The Kier molecular flexibility index (Phi) is 5.68. The Bertz CT molecular complexity index is 707. The number of carbonyl (C=O) groups excluding carboxylic acids is 2. The van der Waals surface area contributed by atoms with Crippen molar-refractivity contribution in [1.29, 1.82) is 0 Å². The largest absolute Gasteiger partial charge is 0.396 e. The molecule has 1 aliphatic rings. The molecule has 1 fully saturated rings. The molecular formula is C21H24N2O3. The van der Waals surface area contributed by atoms with Crippen LogP contribution < -0.4 is 5.32 Å². The molecule has 2 aromatic carbocycles. The lowest BCUT2D eigenvalue weighted by atomic mass is 9.82. The Balaban J connectivity index is 1.89. The van der Waals surface area contributed by atoms with Crippen LogP contribution in [0.15, 0.2) is 60.7 Å². The van der Waals surface area contributed by atoms with E-state index in [0.717, 1.165) is 36.8 Å². The first-order valence-electron chi connectivity index (χ1n) is 9.06. The standard InChI is InChI=1S/C21H24N2O3/c24-16-10-2-1-9-15-23-19(25)21(22-20(23)26,17-11-5-3-6-12-17)18-13-7-4-8-14-18/h3-8,11-14,24H,1-2,9-10,15-16H2,(H,22,26). The molecule has 0 radical (unpaired) electrons. The van der Waals surface area contributed by atoms with Gasteiger partial charge in [-0.05, 0) is 24.0 Å². The van der Waals surface area contributed by atoms with Crippen LogP contribution in [0, 0.1) is 0 Å². The molecule has 5 heteroatoms. The fourth-order valence-corrected chi connectivity index (χ4v) is 3.45. The predicted octanol–water partition coefficient (Wildman–Crippen LogP) is 3.03. The molecule has 0 spiro atoms. The highest BCUT2D eigenvalue weighted by atomic mass is 16.3. The van der Waals surface area contributed by atoms with Crippen molar-refractivity contribution in [2.75, 3.05) is 13.2 Å². The number of nitrogens with one attached hydrogen (secondary N) is 1. The zero-order valence-electron chi connectivity index (χ0n) is 14.7. The zero-order valence-corrected chi connectivity index (χ0v) is 14.7. The van der Waals surface area contributed by atoms with Crippen LogP contribution in [0.25, 0.3) is 0 Å². The molecule has 3 amide bonds. The summed E-state index contributed by atoms with van der Waals surface area (Å²) in [6.45, 7) is 0.561. The zero-order chi connectivity index (χ0) is 18.4. The third-order valence-electron chi connectivity index (χ3n) is 4.81. The first-order chi connectivity index (χ1) is 12.7. The normalized spacial score (nSPS) is 16.0. The summed E-state index contributed by atoms with van der Waals surface area (Å²) in [5.41, 5.74) is 0.338. The minimum Gasteiger partial charge on any atom is -0.396 e. The molecule has 0 bridgehead atoms. The lowest BCUT2D eigenvalue weighted by Crippen LogP contribution is -2.45. The van der Waals surface area contributed by atoms with Gasteiger partial charge in [0.2, 0.25) is 0 Å². The molecule has 136 valence electrons. The summed E-state index contributed by atoms with van der Waals surface area (Å²) in [4.78, 5) is 27.3. The summed E-state index contributed by atoms with van der Waals surface area (Å²) in [7, 11) is 0. The number of urea groups is 1. The summed E-state index contributed by atoms with van der Waals surface area (Å²) in [6.07, 6.45) is 3.25. The molecule has 1 saturated heterocycles. The van der Waals surface area contributed by atoms with Crippen molar-refractivity contribution in [3.8, 4) is 0 Å². The van der Waals surface area contributed by atoms with E-state index in [9.17, 15) is 9.59 Å². The van der Waals surface area contributed by atoms with Crippen molar-refractivity contribution >= 4 is 11.9 Å². The second-order valence-electron chi connectivity index (χ2n) is 6.51. The number of nitrogens with zero attached hydrogens (tertiary/aromatic N) is 1. The van der Waals surface area contributed by atoms with E-state index in [0.29, 0.717) is 6.54 Å². The number of imide groups is 1. The number of rotatable bonds is 8. The van der Waals surface area contributed by atoms with Gasteiger partial charge in [0.1, 0.15) is 0 Å². The van der Waals surface area contributed by atoms with Gasteiger partial charge in [-0.15, -0.1) is 0 Å². The van der Waals surface area contributed by atoms with Crippen LogP contribution in [-0.4, -0.2) is 35.1 Å². The van der Waals surface area contributed by atoms with Crippen molar-refractivity contribution in [1.82, 2.24) is 10.2 Å². The highest BCUT2D eigenvalue weighted by Crippen LogP contribution is 2.36. The molecule has 0 aromatic heterocycles. The van der Waals surface area contributed by atoms with E-state index < -0.39 is 5.54 Å². The number of amides is 3. The first-order valence-corrected chi connectivity index (χ1v) is 9.06. The molecule has 2 N–H and O–H groups in total. The summed E-state index contributed by atoms with van der Waals surface area (Å²) in [5, 5.41) is 11.8. The molecule has 1 heterocycles. The van der Waals surface area contributed by atoms with Crippen LogP contribution >= 0.6 is 0 Å². The van der Waals surface area contributed by atoms with E-state index in [1.54, 1.807) is 0 Å². The average molecular weight is 352 g/mol. The third kappa shape index (κ3) is 3.35. The Morgan fingerprint density at radius 1 is 0.808 bits per heavy atom. The van der Waals surface area contributed by atoms with Crippen LogP contribution in [-0.2, 0) is 10.3 Å². The van der Waals surface area contributed by atoms with Crippen LogP contribution in [0.4, 0.5) is 4.79 Å². The van der Waals surface area contributed by atoms with Crippen molar-refractivity contribution in [2.24, 2.45) is 0 Å². The fourth-order valence-electron chi connectivity index (χ4n) is 3.45. The summed E-state index contributed by atoms with van der Waals surface area (Å²) in [6, 6.07) is 18.4. The van der Waals surface area contributed by atoms with Gasteiger partial charge in [-0.1, -0.05) is 73.5 Å². The summed E-state index contributed by atoms with van der Waals surface area (Å²) in [5.74, 6) is -0.234. The molecule has 0 saturated carbocycles. The molecule has 1 aliphatic heterocycles. The maximum Gasteiger partial charge on any atom is 0.325 e. The van der Waals surface area contributed by atoms with Crippen LogP contribution in [0.2, 0.25) is 0 Å². The summed E-state index contributed by atoms with van der Waals surface area (Å²) < 4.78 is 0. The van der Waals surface area contributed by atoms with Gasteiger partial charge in [-0.2, -0.15) is 0 Å². The van der Waals surface area contributed by atoms with Gasteiger partial charge < -0.3 is 10.4 Å². The third-order valence-corrected chi connectivity index (χ3v) is 4.81. The maximum absolute atomic E-state index is 13.4. The van der Waals surface area contributed by atoms with E-state index in [4.69, 9.17) is 5.11 Å². The van der Waals surface area contributed by atoms with Gasteiger partial charge in [0.25, 0.3) is 5.91 Å². The van der Waals surface area contributed by atoms with Crippen molar-refractivity contribution in [3.63, 3.8) is 0 Å². The number of aliphatic hydroxyl groups is 1. The average Bonchev–Trinajstić information content (AvgIpc) is 2.94. The Morgan fingerprint density at radius 2 is 1.35 bits per heavy atom. The number of carbonyl (C=O) groups is 2. The number of benzene rings is 2. The molecule has 0 unspecified atom stereocenters. The number of hydrogen-bond acceptors (Lipinski definition) is 3. The van der Waals surface area contributed by atoms with E-state index in [2.05, 4.69) is 5.32 Å². The second-order valence-corrected chi connectivity index (χ2v) is 6.51. The van der Waals surface area contributed by atoms with Crippen LogP contribution in [0.3, 0.4) is 0 Å². The molecule has 2 aromatic rings. The van der Waals surface area contributed by atoms with Gasteiger partial charge in [-0.25, -0.2) is 4.79 Å². The van der Waals surface area contributed by atoms with Crippen molar-refractivity contribution in [3.05, 3.63) is 71.8 Å². The Hall–Kier alpha value is -2.66. The molecule has 0 atom stereocenters. The maximum atomic E-state index is 13.4. The smallest absolute Gasteiger partial charge is 0.325 e. The van der Waals surface area contributed by atoms with Crippen LogP contribution in [0.5, 0.6) is 0 Å². The van der Waals surface area contributed by atoms with Crippen LogP contribution in [0.1, 0.15) is 36.8 Å². The Morgan fingerprint density at radius 3 is 1.88 bits per heavy atom. The van der Waals surface area contributed by atoms with Gasteiger partial charge in [0.05, 0.1) is 0 Å². The topological polar surface area (TPSA) is 69.6 Å². The van der Waals surface area contributed by atoms with Gasteiger partial charge in [-0.3, -0.25) is 9.69 Å². The first kappa shape index (κ1) is 18.1. The SMILES string of the molecule is O=C1NC(c2ccccc2)(c2ccccc2)C(=O)N1CCCCCCO. The van der Waals surface area contributed by atoms with Gasteiger partial charge in [0.15, 0.2) is 5.54 Å². The lowest BCUT2D eigenvalue weighted by molar-refractivity contribution is -0.130. The number of unbranched alkanes of at least 4 members (excludes halogenated alkanes) is 3. The molecule has 0 aliphatic carbocycles. The molecular weight excluding hydrogens is 328 g/mol. The minimum atomic E-state index is -1.18. The Labute approximate surface area is 153 Å². The van der Waals surface area contributed by atoms with E-state index in [1.165, 1.54) is 4.90 Å². The molecule has 5 nitrogen and oxygen atoms in total. The van der Waals surface area contributed by atoms with Crippen molar-refractivity contribution in [2.45, 2.75) is 31.2 Å². The fraction of sp³-hybridized carbons (Fsp3) is 0.333. The predicted molar refractivity (Wildman–Crippen MR) is 99.5 cm³/mol. The molecule has 26 heavy (non-hydrogen) atoms. The van der Waals surface area contributed by atoms with Gasteiger partial charge in [0, 0.05) is 13.2 Å². The second kappa shape index (κ2) is 8.15. The lowest BCUT2D eigenvalue weighted by Gasteiger charge is -2.28. The van der Waals surface area contributed by atoms with E-state index >= 15 is 0 Å². The quantitative estimate of drug-likeness (QED) is 0.567.